The van der Waals surface area contributed by atoms with E-state index in [1.54, 1.807) is 13.2 Å². The highest BCUT2D eigenvalue weighted by Crippen LogP contribution is 2.22. The summed E-state index contributed by atoms with van der Waals surface area (Å²) in [6.07, 6.45) is 3.43. The Morgan fingerprint density at radius 3 is 2.54 bits per heavy atom. The van der Waals surface area contributed by atoms with Crippen molar-refractivity contribution in [1.82, 2.24) is 9.78 Å². The van der Waals surface area contributed by atoms with Gasteiger partial charge in [-0.25, -0.2) is 0 Å². The van der Waals surface area contributed by atoms with Gasteiger partial charge in [0.25, 0.3) is 0 Å². The van der Waals surface area contributed by atoms with Crippen molar-refractivity contribution in [3.63, 3.8) is 0 Å². The molecule has 3 rings (SSSR count). The molecular weight excluding hydrogens is 324 g/mol. The Morgan fingerprint density at radius 2 is 1.88 bits per heavy atom. The zero-order valence-corrected chi connectivity index (χ0v) is 15.3. The number of methoxy groups -OCH3 is 1. The summed E-state index contributed by atoms with van der Waals surface area (Å²) in [5.74, 6) is 0.797. The molecule has 0 unspecified atom stereocenters. The second-order valence-corrected chi connectivity index (χ2v) is 6.22. The maximum absolute atomic E-state index is 12.2. The highest BCUT2D eigenvalue weighted by molar-refractivity contribution is 6.06. The summed E-state index contributed by atoms with van der Waals surface area (Å²) in [4.78, 5) is 12.2. The standard InChI is InChI=1S/C22H22N2O2/c1-16-13-17(2)24(23-16)15-20-14-18(10-12-22(20)26-3)9-11-21(25)19-7-5-4-6-8-19/h4-14H,15H2,1-3H3/b11-9+. The number of aromatic nitrogens is 2. The molecular formula is C22H22N2O2. The van der Waals surface area contributed by atoms with Gasteiger partial charge in [0.1, 0.15) is 5.75 Å². The van der Waals surface area contributed by atoms with E-state index in [2.05, 4.69) is 11.2 Å². The third-order valence-corrected chi connectivity index (χ3v) is 4.21. The first-order valence-corrected chi connectivity index (χ1v) is 8.52. The molecule has 0 saturated heterocycles. The number of carbonyl (C=O) groups is 1. The molecule has 1 heterocycles. The summed E-state index contributed by atoms with van der Waals surface area (Å²) in [5.41, 5.74) is 4.75. The number of ketones is 1. The van der Waals surface area contributed by atoms with Crippen molar-refractivity contribution in [2.24, 2.45) is 0 Å². The summed E-state index contributed by atoms with van der Waals surface area (Å²) in [7, 11) is 1.66. The van der Waals surface area contributed by atoms with Gasteiger partial charge in [0.2, 0.25) is 0 Å². The van der Waals surface area contributed by atoms with E-state index in [4.69, 9.17) is 4.74 Å². The third-order valence-electron chi connectivity index (χ3n) is 4.21. The molecule has 3 aromatic rings. The molecule has 26 heavy (non-hydrogen) atoms. The van der Waals surface area contributed by atoms with Gasteiger partial charge in [0, 0.05) is 16.8 Å². The van der Waals surface area contributed by atoms with Crippen LogP contribution in [0.5, 0.6) is 5.75 Å². The monoisotopic (exact) mass is 346 g/mol. The molecule has 4 nitrogen and oxygen atoms in total. The molecule has 0 fully saturated rings. The summed E-state index contributed by atoms with van der Waals surface area (Å²) < 4.78 is 7.44. The lowest BCUT2D eigenvalue weighted by Crippen LogP contribution is -2.05. The van der Waals surface area contributed by atoms with Crippen LogP contribution in [0, 0.1) is 13.8 Å². The average Bonchev–Trinajstić information content (AvgIpc) is 2.97. The first kappa shape index (κ1) is 17.7. The Hall–Kier alpha value is -3.14. The number of hydrogen-bond acceptors (Lipinski definition) is 3. The van der Waals surface area contributed by atoms with E-state index in [9.17, 15) is 4.79 Å². The Labute approximate surface area is 153 Å². The van der Waals surface area contributed by atoms with Crippen LogP contribution in [-0.2, 0) is 6.54 Å². The summed E-state index contributed by atoms with van der Waals surface area (Å²) >= 11 is 0. The Kier molecular flexibility index (Phi) is 5.32. The molecule has 0 atom stereocenters. The quantitative estimate of drug-likeness (QED) is 0.489. The van der Waals surface area contributed by atoms with Gasteiger partial charge < -0.3 is 4.74 Å². The van der Waals surface area contributed by atoms with Crippen LogP contribution in [0.15, 0.2) is 60.7 Å². The van der Waals surface area contributed by atoms with Crippen LogP contribution in [0.4, 0.5) is 0 Å². The number of hydrogen-bond donors (Lipinski definition) is 0. The van der Waals surface area contributed by atoms with Crippen molar-refractivity contribution in [2.75, 3.05) is 7.11 Å². The lowest BCUT2D eigenvalue weighted by molar-refractivity contribution is 0.104. The summed E-state index contributed by atoms with van der Waals surface area (Å²) in [6.45, 7) is 4.64. The topological polar surface area (TPSA) is 44.1 Å². The SMILES string of the molecule is COc1ccc(/C=C/C(=O)c2ccccc2)cc1Cn1nc(C)cc1C. The van der Waals surface area contributed by atoms with Crippen LogP contribution in [0.25, 0.3) is 6.08 Å². The molecule has 132 valence electrons. The van der Waals surface area contributed by atoms with Crippen LogP contribution in [0.3, 0.4) is 0 Å². The van der Waals surface area contributed by atoms with Crippen molar-refractivity contribution in [3.05, 3.63) is 88.8 Å². The zero-order chi connectivity index (χ0) is 18.5. The van der Waals surface area contributed by atoms with E-state index in [-0.39, 0.29) is 5.78 Å². The number of benzene rings is 2. The van der Waals surface area contributed by atoms with Gasteiger partial charge >= 0.3 is 0 Å². The zero-order valence-electron chi connectivity index (χ0n) is 15.3. The van der Waals surface area contributed by atoms with Crippen molar-refractivity contribution in [2.45, 2.75) is 20.4 Å². The Bertz CT molecular complexity index is 940. The predicted octanol–water partition coefficient (Wildman–Crippen LogP) is 4.45. The Balaban J connectivity index is 1.84. The van der Waals surface area contributed by atoms with Gasteiger partial charge in [-0.05, 0) is 43.7 Å². The number of allylic oxidation sites excluding steroid dienone is 1. The summed E-state index contributed by atoms with van der Waals surface area (Å²) in [5, 5.41) is 4.51. The molecule has 2 aromatic carbocycles. The lowest BCUT2D eigenvalue weighted by Gasteiger charge is -2.11. The van der Waals surface area contributed by atoms with Gasteiger partial charge in [0.15, 0.2) is 5.78 Å². The molecule has 0 aliphatic rings. The smallest absolute Gasteiger partial charge is 0.185 e. The lowest BCUT2D eigenvalue weighted by atomic mass is 10.1. The van der Waals surface area contributed by atoms with E-state index < -0.39 is 0 Å². The molecule has 0 radical (unpaired) electrons. The summed E-state index contributed by atoms with van der Waals surface area (Å²) in [6, 6.07) is 17.2. The minimum atomic E-state index is -0.0125. The molecule has 0 aliphatic carbocycles. The first-order valence-electron chi connectivity index (χ1n) is 8.52. The normalized spacial score (nSPS) is 11.0. The van der Waals surface area contributed by atoms with Crippen LogP contribution >= 0.6 is 0 Å². The minimum absolute atomic E-state index is 0.0125. The molecule has 1 aromatic heterocycles. The van der Waals surface area contributed by atoms with E-state index in [0.29, 0.717) is 12.1 Å². The van der Waals surface area contributed by atoms with Gasteiger partial charge in [-0.1, -0.05) is 42.5 Å². The highest BCUT2D eigenvalue weighted by atomic mass is 16.5. The fraction of sp³-hybridized carbons (Fsp3) is 0.182. The van der Waals surface area contributed by atoms with Crippen LogP contribution in [0.2, 0.25) is 0 Å². The van der Waals surface area contributed by atoms with Gasteiger partial charge in [-0.2, -0.15) is 5.10 Å². The molecule has 0 spiro atoms. The number of nitrogens with zero attached hydrogens (tertiary/aromatic N) is 2. The van der Waals surface area contributed by atoms with E-state index >= 15 is 0 Å². The van der Waals surface area contributed by atoms with Crippen molar-refractivity contribution < 1.29 is 9.53 Å². The average molecular weight is 346 g/mol. The van der Waals surface area contributed by atoms with E-state index in [0.717, 1.165) is 28.3 Å². The number of carbonyl (C=O) groups excluding carboxylic acids is 1. The Morgan fingerprint density at radius 1 is 1.12 bits per heavy atom. The second kappa shape index (κ2) is 7.83. The van der Waals surface area contributed by atoms with Crippen molar-refractivity contribution in [1.29, 1.82) is 0 Å². The van der Waals surface area contributed by atoms with E-state index in [1.807, 2.05) is 73.1 Å². The fourth-order valence-corrected chi connectivity index (χ4v) is 2.89. The van der Waals surface area contributed by atoms with Crippen molar-refractivity contribution >= 4 is 11.9 Å². The number of ether oxygens (including phenoxy) is 1. The van der Waals surface area contributed by atoms with Crippen molar-refractivity contribution in [3.8, 4) is 5.75 Å². The second-order valence-electron chi connectivity index (χ2n) is 6.22. The van der Waals surface area contributed by atoms with Gasteiger partial charge in [-0.3, -0.25) is 9.48 Å². The van der Waals surface area contributed by atoms with Crippen LogP contribution in [0.1, 0.15) is 32.9 Å². The molecule has 0 aliphatic heterocycles. The highest BCUT2D eigenvalue weighted by Gasteiger charge is 2.08. The third kappa shape index (κ3) is 4.09. The molecule has 4 heteroatoms. The molecule has 0 N–H and O–H groups in total. The maximum atomic E-state index is 12.2. The van der Waals surface area contributed by atoms with Gasteiger partial charge in [-0.15, -0.1) is 0 Å². The van der Waals surface area contributed by atoms with Crippen LogP contribution < -0.4 is 4.74 Å². The predicted molar refractivity (Wildman–Crippen MR) is 104 cm³/mol. The fourth-order valence-electron chi connectivity index (χ4n) is 2.89. The molecule has 0 bridgehead atoms. The minimum Gasteiger partial charge on any atom is -0.496 e. The number of aryl methyl sites for hydroxylation is 2. The van der Waals surface area contributed by atoms with Crippen LogP contribution in [-0.4, -0.2) is 22.7 Å². The van der Waals surface area contributed by atoms with Gasteiger partial charge in [0.05, 0.1) is 19.3 Å². The molecule has 0 saturated carbocycles. The van der Waals surface area contributed by atoms with E-state index in [1.165, 1.54) is 0 Å². The maximum Gasteiger partial charge on any atom is 0.185 e. The largest absolute Gasteiger partial charge is 0.496 e. The number of rotatable bonds is 6. The molecule has 0 amide bonds. The first-order chi connectivity index (χ1) is 12.6.